The van der Waals surface area contributed by atoms with Crippen molar-refractivity contribution in [2.75, 3.05) is 7.11 Å². The minimum atomic E-state index is -0.102. The number of hydrogen-bond acceptors (Lipinski definition) is 5. The average molecular weight is 328 g/mol. The lowest BCUT2D eigenvalue weighted by atomic mass is 10.2. The highest BCUT2D eigenvalue weighted by Gasteiger charge is 2.15. The van der Waals surface area contributed by atoms with E-state index in [-0.39, 0.29) is 12.1 Å². The van der Waals surface area contributed by atoms with E-state index >= 15 is 0 Å². The number of nitrogens with zero attached hydrogens (tertiary/aromatic N) is 1. The first-order chi connectivity index (χ1) is 11.1. The first-order valence-electron chi connectivity index (χ1n) is 7.54. The van der Waals surface area contributed by atoms with E-state index in [0.717, 1.165) is 16.1 Å². The molecule has 0 bridgehead atoms. The first kappa shape index (κ1) is 15.8. The van der Waals surface area contributed by atoms with Crippen molar-refractivity contribution >= 4 is 21.6 Å². The summed E-state index contributed by atoms with van der Waals surface area (Å²) in [6, 6.07) is 13.9. The monoisotopic (exact) mass is 328 g/mol. The van der Waals surface area contributed by atoms with Crippen LogP contribution in [0.2, 0.25) is 0 Å². The summed E-state index contributed by atoms with van der Waals surface area (Å²) in [5.41, 5.74) is 7.92. The van der Waals surface area contributed by atoms with E-state index in [2.05, 4.69) is 6.07 Å². The van der Waals surface area contributed by atoms with Crippen molar-refractivity contribution in [1.82, 2.24) is 4.98 Å². The molecular formula is C18H20N2O2S. The van der Waals surface area contributed by atoms with Crippen LogP contribution >= 0.6 is 11.3 Å². The SMILES string of the molecule is COc1ccc(-c2nc3ccccc3s2)cc1O[C@@H](C)[C@@H](C)N. The third-order valence-electron chi connectivity index (χ3n) is 3.76. The second kappa shape index (κ2) is 6.56. The predicted octanol–water partition coefficient (Wildman–Crippen LogP) is 4.09. The molecule has 0 spiro atoms. The van der Waals surface area contributed by atoms with Crippen molar-refractivity contribution < 1.29 is 9.47 Å². The molecule has 0 amide bonds. The van der Waals surface area contributed by atoms with Gasteiger partial charge in [0.05, 0.1) is 17.3 Å². The van der Waals surface area contributed by atoms with Gasteiger partial charge in [0.2, 0.25) is 0 Å². The lowest BCUT2D eigenvalue weighted by Gasteiger charge is -2.20. The maximum Gasteiger partial charge on any atom is 0.162 e. The Hall–Kier alpha value is -2.11. The number of ether oxygens (including phenoxy) is 2. The average Bonchev–Trinajstić information content (AvgIpc) is 2.98. The molecule has 0 saturated carbocycles. The van der Waals surface area contributed by atoms with Crippen LogP contribution in [0.25, 0.3) is 20.8 Å². The minimum absolute atomic E-state index is 0.0641. The Morgan fingerprint density at radius 1 is 1.09 bits per heavy atom. The van der Waals surface area contributed by atoms with Crippen LogP contribution in [-0.2, 0) is 0 Å². The van der Waals surface area contributed by atoms with Crippen molar-refractivity contribution in [3.63, 3.8) is 0 Å². The fourth-order valence-corrected chi connectivity index (χ4v) is 3.17. The molecule has 0 radical (unpaired) electrons. The standard InChI is InChI=1S/C18H20N2O2S/c1-11(19)12(2)22-16-10-13(8-9-15(16)21-3)18-20-14-6-4-5-7-17(14)23-18/h4-12H,19H2,1-3H3/t11-,12+/m1/s1. The quantitative estimate of drug-likeness (QED) is 0.766. The van der Waals surface area contributed by atoms with Gasteiger partial charge in [-0.1, -0.05) is 12.1 Å². The molecule has 23 heavy (non-hydrogen) atoms. The Morgan fingerprint density at radius 2 is 1.87 bits per heavy atom. The lowest BCUT2D eigenvalue weighted by Crippen LogP contribution is -2.33. The van der Waals surface area contributed by atoms with Crippen LogP contribution in [0.1, 0.15) is 13.8 Å². The van der Waals surface area contributed by atoms with Crippen molar-refractivity contribution in [3.05, 3.63) is 42.5 Å². The van der Waals surface area contributed by atoms with Crippen LogP contribution in [0.15, 0.2) is 42.5 Å². The number of methoxy groups -OCH3 is 1. The number of aromatic nitrogens is 1. The predicted molar refractivity (Wildman–Crippen MR) is 95.3 cm³/mol. The maximum atomic E-state index is 5.96. The largest absolute Gasteiger partial charge is 0.493 e. The van der Waals surface area contributed by atoms with E-state index in [1.54, 1.807) is 18.4 Å². The summed E-state index contributed by atoms with van der Waals surface area (Å²) >= 11 is 1.67. The Morgan fingerprint density at radius 3 is 2.57 bits per heavy atom. The van der Waals surface area contributed by atoms with Crippen LogP contribution in [0, 0.1) is 0 Å². The van der Waals surface area contributed by atoms with Crippen LogP contribution < -0.4 is 15.2 Å². The molecule has 2 aromatic carbocycles. The van der Waals surface area contributed by atoms with Crippen LogP contribution in [0.5, 0.6) is 11.5 Å². The zero-order chi connectivity index (χ0) is 16.4. The molecule has 3 aromatic rings. The van der Waals surface area contributed by atoms with Crippen molar-refractivity contribution in [3.8, 4) is 22.1 Å². The van der Waals surface area contributed by atoms with Gasteiger partial charge in [-0.3, -0.25) is 0 Å². The zero-order valence-electron chi connectivity index (χ0n) is 13.4. The molecule has 0 aliphatic rings. The summed E-state index contributed by atoms with van der Waals surface area (Å²) in [5.74, 6) is 1.39. The number of benzene rings is 2. The molecular weight excluding hydrogens is 308 g/mol. The number of fused-ring (bicyclic) bond motifs is 1. The highest BCUT2D eigenvalue weighted by Crippen LogP contribution is 2.36. The van der Waals surface area contributed by atoms with Gasteiger partial charge in [0.1, 0.15) is 11.1 Å². The molecule has 120 valence electrons. The summed E-state index contributed by atoms with van der Waals surface area (Å²) in [5, 5.41) is 0.965. The van der Waals surface area contributed by atoms with E-state index in [0.29, 0.717) is 11.5 Å². The highest BCUT2D eigenvalue weighted by atomic mass is 32.1. The normalized spacial score (nSPS) is 13.7. The molecule has 3 rings (SSSR count). The van der Waals surface area contributed by atoms with Gasteiger partial charge >= 0.3 is 0 Å². The second-order valence-electron chi connectivity index (χ2n) is 5.53. The third kappa shape index (κ3) is 3.30. The van der Waals surface area contributed by atoms with E-state index in [1.165, 1.54) is 4.70 Å². The lowest BCUT2D eigenvalue weighted by molar-refractivity contribution is 0.189. The smallest absolute Gasteiger partial charge is 0.162 e. The zero-order valence-corrected chi connectivity index (χ0v) is 14.3. The van der Waals surface area contributed by atoms with Gasteiger partial charge in [0.25, 0.3) is 0 Å². The second-order valence-corrected chi connectivity index (χ2v) is 6.57. The van der Waals surface area contributed by atoms with Gasteiger partial charge in [-0.2, -0.15) is 0 Å². The van der Waals surface area contributed by atoms with Crippen LogP contribution in [0.3, 0.4) is 0 Å². The Labute approximate surface area is 139 Å². The van der Waals surface area contributed by atoms with Gasteiger partial charge in [-0.25, -0.2) is 4.98 Å². The van der Waals surface area contributed by atoms with E-state index in [1.807, 2.05) is 50.2 Å². The fourth-order valence-electron chi connectivity index (χ4n) is 2.21. The molecule has 1 aromatic heterocycles. The molecule has 0 aliphatic heterocycles. The van der Waals surface area contributed by atoms with Gasteiger partial charge in [-0.15, -0.1) is 11.3 Å². The van der Waals surface area contributed by atoms with Crippen molar-refractivity contribution in [1.29, 1.82) is 0 Å². The first-order valence-corrected chi connectivity index (χ1v) is 8.36. The van der Waals surface area contributed by atoms with E-state index in [9.17, 15) is 0 Å². The maximum absolute atomic E-state index is 5.96. The molecule has 5 heteroatoms. The Bertz CT molecular complexity index is 781. The number of hydrogen-bond donors (Lipinski definition) is 1. The molecule has 0 aliphatic carbocycles. The minimum Gasteiger partial charge on any atom is -0.493 e. The molecule has 2 N–H and O–H groups in total. The molecule has 2 atom stereocenters. The molecule has 0 saturated heterocycles. The topological polar surface area (TPSA) is 57.4 Å². The molecule has 1 heterocycles. The summed E-state index contributed by atoms with van der Waals surface area (Å²) in [6.07, 6.45) is -0.102. The Balaban J connectivity index is 1.99. The highest BCUT2D eigenvalue weighted by molar-refractivity contribution is 7.21. The number of thiazole rings is 1. The fraction of sp³-hybridized carbons (Fsp3) is 0.278. The molecule has 4 nitrogen and oxygen atoms in total. The van der Waals surface area contributed by atoms with Gasteiger partial charge in [0, 0.05) is 11.6 Å². The van der Waals surface area contributed by atoms with Gasteiger partial charge in [0.15, 0.2) is 11.5 Å². The van der Waals surface area contributed by atoms with Crippen molar-refractivity contribution in [2.45, 2.75) is 26.0 Å². The number of nitrogens with two attached hydrogens (primary N) is 1. The van der Waals surface area contributed by atoms with Crippen LogP contribution in [-0.4, -0.2) is 24.2 Å². The summed E-state index contributed by atoms with van der Waals surface area (Å²) in [6.45, 7) is 3.88. The molecule has 0 unspecified atom stereocenters. The molecule has 0 fully saturated rings. The van der Waals surface area contributed by atoms with E-state index in [4.69, 9.17) is 20.2 Å². The third-order valence-corrected chi connectivity index (χ3v) is 4.84. The van der Waals surface area contributed by atoms with Crippen LogP contribution in [0.4, 0.5) is 0 Å². The summed E-state index contributed by atoms with van der Waals surface area (Å²) in [7, 11) is 1.64. The number of para-hydroxylation sites is 1. The Kier molecular flexibility index (Phi) is 4.50. The van der Waals surface area contributed by atoms with Crippen molar-refractivity contribution in [2.24, 2.45) is 5.73 Å². The summed E-state index contributed by atoms with van der Waals surface area (Å²) < 4.78 is 12.5. The van der Waals surface area contributed by atoms with Gasteiger partial charge < -0.3 is 15.2 Å². The summed E-state index contributed by atoms with van der Waals surface area (Å²) in [4.78, 5) is 4.69. The number of rotatable bonds is 5. The van der Waals surface area contributed by atoms with Gasteiger partial charge in [-0.05, 0) is 44.2 Å². The van der Waals surface area contributed by atoms with E-state index < -0.39 is 0 Å².